The van der Waals surface area contributed by atoms with E-state index in [0.29, 0.717) is 22.9 Å². The molecular formula is C14H22N4OS. The van der Waals surface area contributed by atoms with Gasteiger partial charge in [-0.3, -0.25) is 9.89 Å². The zero-order valence-electron chi connectivity index (χ0n) is 12.0. The molecule has 0 unspecified atom stereocenters. The summed E-state index contributed by atoms with van der Waals surface area (Å²) in [6.45, 7) is 0. The minimum absolute atomic E-state index is 0.194. The monoisotopic (exact) mass is 294 g/mol. The number of hydrogen-bond acceptors (Lipinski definition) is 4. The summed E-state index contributed by atoms with van der Waals surface area (Å²) in [5.41, 5.74) is 0. The highest BCUT2D eigenvalue weighted by Crippen LogP contribution is 2.38. The topological polar surface area (TPSA) is 61.9 Å². The highest BCUT2D eigenvalue weighted by Gasteiger charge is 2.27. The average molecular weight is 294 g/mol. The van der Waals surface area contributed by atoms with Crippen molar-refractivity contribution in [1.29, 1.82) is 0 Å². The van der Waals surface area contributed by atoms with E-state index in [2.05, 4.69) is 15.2 Å². The minimum Gasteiger partial charge on any atom is -0.342 e. The Hall–Kier alpha value is -1.04. The summed E-state index contributed by atoms with van der Waals surface area (Å²) in [5.74, 6) is 2.20. The number of thioether (sulfide) groups is 1. The first kappa shape index (κ1) is 13.9. The fourth-order valence-corrected chi connectivity index (χ4v) is 3.49. The second kappa shape index (κ2) is 6.16. The quantitative estimate of drug-likeness (QED) is 0.848. The van der Waals surface area contributed by atoms with E-state index in [1.54, 1.807) is 0 Å². The second-order valence-electron chi connectivity index (χ2n) is 5.86. The number of rotatable bonds is 5. The van der Waals surface area contributed by atoms with Crippen molar-refractivity contribution in [2.24, 2.45) is 0 Å². The number of aromatic nitrogens is 3. The Kier molecular flexibility index (Phi) is 4.29. The number of carbonyl (C=O) groups is 1. The number of nitrogens with one attached hydrogen (secondary N) is 1. The van der Waals surface area contributed by atoms with E-state index in [4.69, 9.17) is 0 Å². The van der Waals surface area contributed by atoms with Crippen LogP contribution < -0.4 is 0 Å². The molecule has 1 aromatic heterocycles. The van der Waals surface area contributed by atoms with Gasteiger partial charge in [-0.05, 0) is 25.7 Å². The Bertz CT molecular complexity index is 465. The van der Waals surface area contributed by atoms with Gasteiger partial charge < -0.3 is 4.90 Å². The molecule has 0 radical (unpaired) electrons. The Labute approximate surface area is 123 Å². The molecule has 1 heterocycles. The van der Waals surface area contributed by atoms with Crippen molar-refractivity contribution in [3.63, 3.8) is 0 Å². The first-order valence-electron chi connectivity index (χ1n) is 7.55. The molecule has 1 aromatic rings. The molecule has 20 heavy (non-hydrogen) atoms. The maximum absolute atomic E-state index is 12.2. The Morgan fingerprint density at radius 3 is 2.75 bits per heavy atom. The number of aromatic amines is 1. The molecule has 6 heteroatoms. The first-order chi connectivity index (χ1) is 9.74. The summed E-state index contributed by atoms with van der Waals surface area (Å²) < 4.78 is 0. The molecule has 3 rings (SSSR count). The molecule has 2 fully saturated rings. The van der Waals surface area contributed by atoms with Gasteiger partial charge in [-0.1, -0.05) is 31.0 Å². The predicted octanol–water partition coefficient (Wildman–Crippen LogP) is 2.57. The molecule has 0 aliphatic heterocycles. The van der Waals surface area contributed by atoms with Crippen LogP contribution in [0.15, 0.2) is 5.16 Å². The van der Waals surface area contributed by atoms with Gasteiger partial charge in [0.25, 0.3) is 0 Å². The molecule has 2 aliphatic rings. The van der Waals surface area contributed by atoms with Crippen molar-refractivity contribution in [3.05, 3.63) is 5.82 Å². The van der Waals surface area contributed by atoms with Crippen LogP contribution >= 0.6 is 11.8 Å². The summed E-state index contributed by atoms with van der Waals surface area (Å²) in [6.07, 6.45) is 8.54. The number of hydrogen-bond donors (Lipinski definition) is 1. The fraction of sp³-hybridized carbons (Fsp3) is 0.786. The van der Waals surface area contributed by atoms with Crippen LogP contribution in [0.25, 0.3) is 0 Å². The van der Waals surface area contributed by atoms with Crippen molar-refractivity contribution in [2.75, 3.05) is 12.8 Å². The molecule has 0 bridgehead atoms. The van der Waals surface area contributed by atoms with Crippen LogP contribution in [0.1, 0.15) is 56.7 Å². The maximum atomic E-state index is 12.2. The summed E-state index contributed by atoms with van der Waals surface area (Å²) in [4.78, 5) is 18.6. The van der Waals surface area contributed by atoms with E-state index in [0.717, 1.165) is 18.7 Å². The summed E-state index contributed by atoms with van der Waals surface area (Å²) in [7, 11) is 1.94. The van der Waals surface area contributed by atoms with E-state index in [9.17, 15) is 4.79 Å². The van der Waals surface area contributed by atoms with Crippen molar-refractivity contribution >= 4 is 17.7 Å². The SMILES string of the molecule is CN(C(=O)CSc1n[nH]c(C2CC2)n1)C1CCCCC1. The summed E-state index contributed by atoms with van der Waals surface area (Å²) in [6, 6.07) is 0.436. The molecule has 1 amide bonds. The van der Waals surface area contributed by atoms with E-state index >= 15 is 0 Å². The number of amides is 1. The van der Waals surface area contributed by atoms with Crippen LogP contribution in [-0.4, -0.2) is 44.8 Å². The molecule has 1 N–H and O–H groups in total. The molecule has 0 saturated heterocycles. The average Bonchev–Trinajstić information content (AvgIpc) is 3.24. The molecule has 2 aliphatic carbocycles. The van der Waals surface area contributed by atoms with Crippen LogP contribution in [0, 0.1) is 0 Å². The van der Waals surface area contributed by atoms with Crippen LogP contribution in [0.3, 0.4) is 0 Å². The third-order valence-electron chi connectivity index (χ3n) is 4.29. The zero-order chi connectivity index (χ0) is 13.9. The lowest BCUT2D eigenvalue weighted by atomic mass is 9.94. The summed E-state index contributed by atoms with van der Waals surface area (Å²) >= 11 is 1.44. The van der Waals surface area contributed by atoms with Gasteiger partial charge in [0.1, 0.15) is 5.82 Å². The summed E-state index contributed by atoms with van der Waals surface area (Å²) in [5, 5.41) is 7.86. The Morgan fingerprint density at radius 1 is 1.30 bits per heavy atom. The third kappa shape index (κ3) is 3.34. The van der Waals surface area contributed by atoms with E-state index in [1.807, 2.05) is 11.9 Å². The molecular weight excluding hydrogens is 272 g/mol. The molecule has 0 atom stereocenters. The van der Waals surface area contributed by atoms with Crippen LogP contribution in [0.4, 0.5) is 0 Å². The van der Waals surface area contributed by atoms with Gasteiger partial charge >= 0.3 is 0 Å². The normalized spacial score (nSPS) is 20.1. The largest absolute Gasteiger partial charge is 0.342 e. The Morgan fingerprint density at radius 2 is 2.05 bits per heavy atom. The first-order valence-corrected chi connectivity index (χ1v) is 8.53. The maximum Gasteiger partial charge on any atom is 0.233 e. The highest BCUT2D eigenvalue weighted by atomic mass is 32.2. The van der Waals surface area contributed by atoms with Crippen LogP contribution in [-0.2, 0) is 4.79 Å². The van der Waals surface area contributed by atoms with E-state index in [1.165, 1.54) is 43.9 Å². The molecule has 5 nitrogen and oxygen atoms in total. The predicted molar refractivity (Wildman–Crippen MR) is 78.7 cm³/mol. The molecule has 110 valence electrons. The van der Waals surface area contributed by atoms with Crippen molar-refractivity contribution in [2.45, 2.75) is 62.1 Å². The van der Waals surface area contributed by atoms with E-state index < -0.39 is 0 Å². The van der Waals surface area contributed by atoms with Crippen LogP contribution in [0.5, 0.6) is 0 Å². The van der Waals surface area contributed by atoms with Crippen molar-refractivity contribution < 1.29 is 4.79 Å². The Balaban J connectivity index is 1.47. The fourth-order valence-electron chi connectivity index (χ4n) is 2.76. The van der Waals surface area contributed by atoms with Gasteiger partial charge in [0.2, 0.25) is 11.1 Å². The van der Waals surface area contributed by atoms with Gasteiger partial charge in [0.15, 0.2) is 0 Å². The molecule has 0 aromatic carbocycles. The number of carbonyl (C=O) groups excluding carboxylic acids is 1. The second-order valence-corrected chi connectivity index (χ2v) is 6.81. The smallest absolute Gasteiger partial charge is 0.233 e. The van der Waals surface area contributed by atoms with Crippen molar-refractivity contribution in [3.8, 4) is 0 Å². The van der Waals surface area contributed by atoms with Gasteiger partial charge in [0.05, 0.1) is 5.75 Å². The lowest BCUT2D eigenvalue weighted by Crippen LogP contribution is -2.39. The van der Waals surface area contributed by atoms with Crippen LogP contribution in [0.2, 0.25) is 0 Å². The molecule has 0 spiro atoms. The molecule has 2 saturated carbocycles. The van der Waals surface area contributed by atoms with Gasteiger partial charge in [-0.2, -0.15) is 0 Å². The third-order valence-corrected chi connectivity index (χ3v) is 5.12. The lowest BCUT2D eigenvalue weighted by Gasteiger charge is -2.31. The lowest BCUT2D eigenvalue weighted by molar-refractivity contribution is -0.129. The van der Waals surface area contributed by atoms with Gasteiger partial charge in [0, 0.05) is 19.0 Å². The van der Waals surface area contributed by atoms with Crippen molar-refractivity contribution in [1.82, 2.24) is 20.1 Å². The number of H-pyrrole nitrogens is 1. The minimum atomic E-state index is 0.194. The zero-order valence-corrected chi connectivity index (χ0v) is 12.8. The standard InChI is InChI=1S/C14H22N4OS/c1-18(11-5-3-2-4-6-11)12(19)9-20-14-15-13(16-17-14)10-7-8-10/h10-11H,2-9H2,1H3,(H,15,16,17). The van der Waals surface area contributed by atoms with E-state index in [-0.39, 0.29) is 5.91 Å². The van der Waals surface area contributed by atoms with Gasteiger partial charge in [-0.15, -0.1) is 5.10 Å². The highest BCUT2D eigenvalue weighted by molar-refractivity contribution is 7.99. The number of nitrogens with zero attached hydrogens (tertiary/aromatic N) is 3. The van der Waals surface area contributed by atoms with Gasteiger partial charge in [-0.25, -0.2) is 4.98 Å².